The SMILES string of the molecule is COc1cccc2c1cc(N)c1c(C(=O)O)cc3c(c12)OCO3. The van der Waals surface area contributed by atoms with E-state index >= 15 is 0 Å². The van der Waals surface area contributed by atoms with E-state index in [9.17, 15) is 9.90 Å². The molecule has 4 rings (SSSR count). The molecule has 0 unspecified atom stereocenters. The number of carboxylic acids is 1. The normalized spacial score (nSPS) is 12.7. The third kappa shape index (κ3) is 1.78. The van der Waals surface area contributed by atoms with Gasteiger partial charge in [0.1, 0.15) is 5.75 Å². The molecule has 0 saturated heterocycles. The first-order valence-electron chi connectivity index (χ1n) is 6.96. The number of nitrogens with two attached hydrogens (primary N) is 1. The summed E-state index contributed by atoms with van der Waals surface area (Å²) in [6.45, 7) is 0.0494. The first-order valence-corrected chi connectivity index (χ1v) is 6.96. The van der Waals surface area contributed by atoms with Crippen LogP contribution in [0, 0.1) is 0 Å². The lowest BCUT2D eigenvalue weighted by atomic mass is 9.95. The van der Waals surface area contributed by atoms with E-state index < -0.39 is 5.97 Å². The van der Waals surface area contributed by atoms with Gasteiger partial charge in [0.25, 0.3) is 0 Å². The Morgan fingerprint density at radius 1 is 1.22 bits per heavy atom. The second-order valence-corrected chi connectivity index (χ2v) is 5.23. The Balaban J connectivity index is 2.29. The van der Waals surface area contributed by atoms with Crippen molar-refractivity contribution in [3.63, 3.8) is 0 Å². The maximum absolute atomic E-state index is 11.6. The Hall–Kier alpha value is -3.15. The van der Waals surface area contributed by atoms with Gasteiger partial charge in [0.05, 0.1) is 12.7 Å². The van der Waals surface area contributed by atoms with E-state index in [1.54, 1.807) is 13.2 Å². The number of anilines is 1. The molecule has 0 aromatic heterocycles. The van der Waals surface area contributed by atoms with Gasteiger partial charge in [-0.25, -0.2) is 4.79 Å². The topological polar surface area (TPSA) is 91.0 Å². The van der Waals surface area contributed by atoms with Crippen LogP contribution < -0.4 is 19.9 Å². The maximum atomic E-state index is 11.6. The molecule has 0 atom stereocenters. The molecule has 23 heavy (non-hydrogen) atoms. The highest BCUT2D eigenvalue weighted by molar-refractivity contribution is 6.22. The molecule has 3 N–H and O–H groups in total. The smallest absolute Gasteiger partial charge is 0.336 e. The molecule has 0 radical (unpaired) electrons. The zero-order valence-electron chi connectivity index (χ0n) is 12.3. The highest BCUT2D eigenvalue weighted by Gasteiger charge is 2.25. The summed E-state index contributed by atoms with van der Waals surface area (Å²) in [7, 11) is 1.58. The molecular weight excluding hydrogens is 298 g/mol. The lowest BCUT2D eigenvalue weighted by molar-refractivity contribution is 0.0698. The van der Waals surface area contributed by atoms with Crippen molar-refractivity contribution in [3.8, 4) is 17.2 Å². The predicted octanol–water partition coefficient (Wildman–Crippen LogP) is 3.01. The molecule has 1 aliphatic heterocycles. The molecule has 0 spiro atoms. The van der Waals surface area contributed by atoms with E-state index in [4.69, 9.17) is 19.9 Å². The van der Waals surface area contributed by atoms with Gasteiger partial charge in [-0.05, 0) is 23.6 Å². The molecule has 116 valence electrons. The second kappa shape index (κ2) is 4.67. The number of benzene rings is 3. The van der Waals surface area contributed by atoms with Gasteiger partial charge in [0, 0.05) is 21.8 Å². The zero-order valence-corrected chi connectivity index (χ0v) is 12.3. The second-order valence-electron chi connectivity index (χ2n) is 5.23. The number of ether oxygens (including phenoxy) is 3. The van der Waals surface area contributed by atoms with Crippen LogP contribution in [0.3, 0.4) is 0 Å². The fraction of sp³-hybridized carbons (Fsp3) is 0.118. The Kier molecular flexibility index (Phi) is 2.74. The molecule has 3 aromatic rings. The monoisotopic (exact) mass is 311 g/mol. The highest BCUT2D eigenvalue weighted by Crippen LogP contribution is 2.47. The van der Waals surface area contributed by atoms with Crippen molar-refractivity contribution in [1.82, 2.24) is 0 Å². The van der Waals surface area contributed by atoms with Crippen molar-refractivity contribution >= 4 is 33.2 Å². The van der Waals surface area contributed by atoms with Crippen LogP contribution in [0.25, 0.3) is 21.5 Å². The maximum Gasteiger partial charge on any atom is 0.336 e. The van der Waals surface area contributed by atoms with Crippen molar-refractivity contribution in [1.29, 1.82) is 0 Å². The molecule has 0 fully saturated rings. The number of carboxylic acid groups (broad SMARTS) is 1. The molecule has 0 aliphatic carbocycles. The molecule has 1 aliphatic rings. The highest BCUT2D eigenvalue weighted by atomic mass is 16.7. The van der Waals surface area contributed by atoms with E-state index in [0.717, 1.165) is 10.8 Å². The van der Waals surface area contributed by atoms with Crippen LogP contribution in [-0.4, -0.2) is 25.0 Å². The van der Waals surface area contributed by atoms with Crippen LogP contribution in [0.5, 0.6) is 17.2 Å². The molecular formula is C17H13NO5. The first-order chi connectivity index (χ1) is 11.1. The molecule has 1 heterocycles. The largest absolute Gasteiger partial charge is 0.496 e. The summed E-state index contributed by atoms with van der Waals surface area (Å²) in [5, 5.41) is 12.2. The van der Waals surface area contributed by atoms with Gasteiger partial charge in [-0.1, -0.05) is 12.1 Å². The zero-order chi connectivity index (χ0) is 16.1. The number of methoxy groups -OCH3 is 1. The summed E-state index contributed by atoms with van der Waals surface area (Å²) in [6, 6.07) is 8.73. The summed E-state index contributed by atoms with van der Waals surface area (Å²) in [5.41, 5.74) is 6.61. The van der Waals surface area contributed by atoms with E-state index in [1.807, 2.05) is 18.2 Å². The van der Waals surface area contributed by atoms with E-state index in [-0.39, 0.29) is 12.4 Å². The van der Waals surface area contributed by atoms with E-state index in [0.29, 0.717) is 33.7 Å². The number of rotatable bonds is 2. The number of fused-ring (bicyclic) bond motifs is 5. The van der Waals surface area contributed by atoms with Crippen LogP contribution in [0.2, 0.25) is 0 Å². The summed E-state index contributed by atoms with van der Waals surface area (Å²) >= 11 is 0. The van der Waals surface area contributed by atoms with Gasteiger partial charge >= 0.3 is 5.97 Å². The van der Waals surface area contributed by atoms with Crippen molar-refractivity contribution in [3.05, 3.63) is 35.9 Å². The first kappa shape index (κ1) is 13.5. The van der Waals surface area contributed by atoms with Crippen LogP contribution in [0.4, 0.5) is 5.69 Å². The number of aromatic carboxylic acids is 1. The average molecular weight is 311 g/mol. The fourth-order valence-corrected chi connectivity index (χ4v) is 3.08. The van der Waals surface area contributed by atoms with Gasteiger partial charge in [0.2, 0.25) is 6.79 Å². The minimum Gasteiger partial charge on any atom is -0.496 e. The third-order valence-corrected chi connectivity index (χ3v) is 4.04. The molecule has 6 heteroatoms. The van der Waals surface area contributed by atoms with Crippen molar-refractivity contribution in [2.75, 3.05) is 19.6 Å². The van der Waals surface area contributed by atoms with Crippen LogP contribution >= 0.6 is 0 Å². The summed E-state index contributed by atoms with van der Waals surface area (Å²) in [5.74, 6) is 0.506. The van der Waals surface area contributed by atoms with E-state index in [1.165, 1.54) is 6.07 Å². The lowest BCUT2D eigenvalue weighted by Gasteiger charge is -2.14. The van der Waals surface area contributed by atoms with Gasteiger partial charge < -0.3 is 25.1 Å². The standard InChI is InChI=1S/C17H13NO5/c1-21-12-4-2-3-8-9(12)5-11(18)14-10(17(19)20)6-13-16(15(8)14)23-7-22-13/h2-6H,7,18H2,1H3,(H,19,20). The summed E-state index contributed by atoms with van der Waals surface area (Å²) in [6.07, 6.45) is 0. The molecule has 0 bridgehead atoms. The molecule has 3 aromatic carbocycles. The Bertz CT molecular complexity index is 980. The Labute approximate surface area is 131 Å². The van der Waals surface area contributed by atoms with Gasteiger partial charge in [-0.15, -0.1) is 0 Å². The number of nitrogen functional groups attached to an aromatic ring is 1. The van der Waals surface area contributed by atoms with Gasteiger partial charge in [-0.3, -0.25) is 0 Å². The number of carbonyl (C=O) groups is 1. The van der Waals surface area contributed by atoms with Crippen molar-refractivity contribution in [2.45, 2.75) is 0 Å². The minimum atomic E-state index is -1.07. The van der Waals surface area contributed by atoms with Gasteiger partial charge in [0.15, 0.2) is 11.5 Å². The third-order valence-electron chi connectivity index (χ3n) is 4.04. The predicted molar refractivity (Wildman–Crippen MR) is 85.5 cm³/mol. The fourth-order valence-electron chi connectivity index (χ4n) is 3.08. The van der Waals surface area contributed by atoms with Gasteiger partial charge in [-0.2, -0.15) is 0 Å². The van der Waals surface area contributed by atoms with Crippen LogP contribution in [0.1, 0.15) is 10.4 Å². The van der Waals surface area contributed by atoms with Crippen molar-refractivity contribution < 1.29 is 24.1 Å². The molecule has 0 amide bonds. The Morgan fingerprint density at radius 3 is 2.78 bits per heavy atom. The van der Waals surface area contributed by atoms with E-state index in [2.05, 4.69) is 0 Å². The molecule has 6 nitrogen and oxygen atoms in total. The quantitative estimate of drug-likeness (QED) is 0.558. The van der Waals surface area contributed by atoms with Crippen molar-refractivity contribution in [2.24, 2.45) is 0 Å². The average Bonchev–Trinajstić information content (AvgIpc) is 3.01. The number of hydrogen-bond donors (Lipinski definition) is 2. The van der Waals surface area contributed by atoms with Crippen LogP contribution in [0.15, 0.2) is 30.3 Å². The summed E-state index contributed by atoms with van der Waals surface area (Å²) in [4.78, 5) is 11.6. The molecule has 0 saturated carbocycles. The lowest BCUT2D eigenvalue weighted by Crippen LogP contribution is -2.01. The number of hydrogen-bond acceptors (Lipinski definition) is 5. The minimum absolute atomic E-state index is 0.0494. The summed E-state index contributed by atoms with van der Waals surface area (Å²) < 4.78 is 16.3. The Morgan fingerprint density at radius 2 is 2.04 bits per heavy atom. The van der Waals surface area contributed by atoms with Crippen LogP contribution in [-0.2, 0) is 0 Å².